The molecule has 2 N–H and O–H groups in total. The summed E-state index contributed by atoms with van der Waals surface area (Å²) in [6.45, 7) is 6.56. The van der Waals surface area contributed by atoms with E-state index in [9.17, 15) is 4.79 Å². The minimum absolute atomic E-state index is 0. The number of hydrogen-bond donors (Lipinski definition) is 2. The number of aryl methyl sites for hydroxylation is 1. The van der Waals surface area contributed by atoms with Gasteiger partial charge in [0.1, 0.15) is 0 Å². The average Bonchev–Trinajstić information content (AvgIpc) is 3.14. The Morgan fingerprint density at radius 3 is 2.59 bits per heavy atom. The molecular formula is C20H35IN4O4. The molecule has 9 heteroatoms. The van der Waals surface area contributed by atoms with E-state index in [4.69, 9.17) is 13.9 Å². The third-order valence-corrected chi connectivity index (χ3v) is 4.79. The SMILES string of the molecule is CN=C(NCCCNC(=O)c1occc1C)N1CCC(OCCCOC)CC1.I. The highest BCUT2D eigenvalue weighted by molar-refractivity contribution is 14.0. The van der Waals surface area contributed by atoms with Crippen molar-refractivity contribution in [1.82, 2.24) is 15.5 Å². The van der Waals surface area contributed by atoms with Gasteiger partial charge >= 0.3 is 0 Å². The molecule has 1 aromatic heterocycles. The monoisotopic (exact) mass is 522 g/mol. The number of halogens is 1. The number of nitrogens with one attached hydrogen (secondary N) is 2. The van der Waals surface area contributed by atoms with Crippen LogP contribution in [0.3, 0.4) is 0 Å². The minimum Gasteiger partial charge on any atom is -0.459 e. The fraction of sp³-hybridized carbons (Fsp3) is 0.700. The number of carbonyl (C=O) groups is 1. The Morgan fingerprint density at radius 2 is 1.97 bits per heavy atom. The Morgan fingerprint density at radius 1 is 1.24 bits per heavy atom. The first-order chi connectivity index (χ1) is 13.7. The van der Waals surface area contributed by atoms with Crippen LogP contribution in [-0.2, 0) is 9.47 Å². The molecule has 8 nitrogen and oxygen atoms in total. The summed E-state index contributed by atoms with van der Waals surface area (Å²) in [5.74, 6) is 1.13. The number of guanidine groups is 1. The van der Waals surface area contributed by atoms with Crippen molar-refractivity contribution in [3.63, 3.8) is 0 Å². The number of methoxy groups -OCH3 is 1. The zero-order chi connectivity index (χ0) is 20.2. The highest BCUT2D eigenvalue weighted by Gasteiger charge is 2.21. The lowest BCUT2D eigenvalue weighted by molar-refractivity contribution is 0.00991. The second-order valence-corrected chi connectivity index (χ2v) is 6.92. The maximum Gasteiger partial charge on any atom is 0.287 e. The van der Waals surface area contributed by atoms with Gasteiger partial charge in [-0.2, -0.15) is 0 Å². The van der Waals surface area contributed by atoms with E-state index >= 15 is 0 Å². The highest BCUT2D eigenvalue weighted by Crippen LogP contribution is 2.14. The maximum absolute atomic E-state index is 12.0. The standard InChI is InChI=1S/C20H34N4O4.HI/c1-16-8-15-28-18(16)19(25)22-9-4-10-23-20(21-2)24-11-6-17(7-12-24)27-14-5-13-26-3;/h8,15,17H,4-7,9-14H2,1-3H3,(H,21,23)(H,22,25);1H. The number of piperidine rings is 1. The van der Waals surface area contributed by atoms with Crippen LogP contribution in [0.4, 0.5) is 0 Å². The van der Waals surface area contributed by atoms with E-state index in [1.807, 2.05) is 6.92 Å². The predicted molar refractivity (Wildman–Crippen MR) is 124 cm³/mol. The van der Waals surface area contributed by atoms with Crippen LogP contribution in [0, 0.1) is 6.92 Å². The van der Waals surface area contributed by atoms with Crippen LogP contribution in [0.1, 0.15) is 41.8 Å². The van der Waals surface area contributed by atoms with Gasteiger partial charge in [0.15, 0.2) is 11.7 Å². The van der Waals surface area contributed by atoms with E-state index in [1.54, 1.807) is 20.2 Å². The molecular weight excluding hydrogens is 487 g/mol. The molecule has 2 rings (SSSR count). The Hall–Kier alpha value is -1.33. The number of aliphatic imine (C=N–C) groups is 1. The van der Waals surface area contributed by atoms with Crippen molar-refractivity contribution >= 4 is 35.8 Å². The molecule has 0 atom stereocenters. The zero-order valence-electron chi connectivity index (χ0n) is 17.7. The van der Waals surface area contributed by atoms with Crippen molar-refractivity contribution in [2.24, 2.45) is 4.99 Å². The van der Waals surface area contributed by atoms with E-state index in [0.717, 1.165) is 70.1 Å². The Labute approximate surface area is 190 Å². The van der Waals surface area contributed by atoms with Crippen LogP contribution in [-0.4, -0.2) is 76.4 Å². The molecule has 2 heterocycles. The molecule has 29 heavy (non-hydrogen) atoms. The van der Waals surface area contributed by atoms with E-state index in [1.165, 1.54) is 6.26 Å². The first-order valence-corrected chi connectivity index (χ1v) is 10.0. The number of amides is 1. The van der Waals surface area contributed by atoms with Crippen molar-refractivity contribution in [3.8, 4) is 0 Å². The summed E-state index contributed by atoms with van der Waals surface area (Å²) in [4.78, 5) is 18.6. The molecule has 0 saturated carbocycles. The fourth-order valence-electron chi connectivity index (χ4n) is 3.20. The van der Waals surface area contributed by atoms with Crippen LogP contribution in [0.5, 0.6) is 0 Å². The van der Waals surface area contributed by atoms with Crippen LogP contribution in [0.25, 0.3) is 0 Å². The highest BCUT2D eigenvalue weighted by atomic mass is 127. The van der Waals surface area contributed by atoms with Gasteiger partial charge in [-0.05, 0) is 38.7 Å². The van der Waals surface area contributed by atoms with Gasteiger partial charge in [0.2, 0.25) is 0 Å². The molecule has 1 aliphatic rings. The summed E-state index contributed by atoms with van der Waals surface area (Å²) in [5, 5.41) is 6.26. The van der Waals surface area contributed by atoms with Gasteiger partial charge in [0.25, 0.3) is 5.91 Å². The smallest absolute Gasteiger partial charge is 0.287 e. The number of furan rings is 1. The third kappa shape index (κ3) is 8.91. The Balaban J connectivity index is 0.00000420. The second-order valence-electron chi connectivity index (χ2n) is 6.92. The van der Waals surface area contributed by atoms with Crippen LogP contribution in [0.2, 0.25) is 0 Å². The Bertz CT molecular complexity index is 615. The molecule has 0 spiro atoms. The molecule has 1 amide bonds. The van der Waals surface area contributed by atoms with Crippen molar-refractivity contribution in [2.45, 2.75) is 38.7 Å². The van der Waals surface area contributed by atoms with Gasteiger partial charge < -0.3 is 29.4 Å². The van der Waals surface area contributed by atoms with E-state index < -0.39 is 0 Å². The summed E-state index contributed by atoms with van der Waals surface area (Å²) in [7, 11) is 3.52. The van der Waals surface area contributed by atoms with Crippen LogP contribution in [0.15, 0.2) is 21.7 Å². The van der Waals surface area contributed by atoms with Crippen molar-refractivity contribution < 1.29 is 18.7 Å². The van der Waals surface area contributed by atoms with Crippen molar-refractivity contribution in [3.05, 3.63) is 23.7 Å². The quantitative estimate of drug-likeness (QED) is 0.213. The van der Waals surface area contributed by atoms with Crippen molar-refractivity contribution in [1.29, 1.82) is 0 Å². The molecule has 0 aliphatic carbocycles. The predicted octanol–water partition coefficient (Wildman–Crippen LogP) is 2.42. The molecule has 1 aromatic rings. The molecule has 1 fully saturated rings. The van der Waals surface area contributed by atoms with Crippen molar-refractivity contribution in [2.75, 3.05) is 53.6 Å². The summed E-state index contributed by atoms with van der Waals surface area (Å²) < 4.78 is 16.1. The normalized spacial score (nSPS) is 15.1. The lowest BCUT2D eigenvalue weighted by Gasteiger charge is -2.34. The van der Waals surface area contributed by atoms with Crippen LogP contribution >= 0.6 is 24.0 Å². The zero-order valence-corrected chi connectivity index (χ0v) is 20.1. The van der Waals surface area contributed by atoms with Gasteiger partial charge in [0, 0.05) is 59.1 Å². The first-order valence-electron chi connectivity index (χ1n) is 10.0. The minimum atomic E-state index is -0.167. The van der Waals surface area contributed by atoms with E-state index in [0.29, 0.717) is 18.4 Å². The Kier molecular flexibility index (Phi) is 13.0. The summed E-state index contributed by atoms with van der Waals surface area (Å²) in [6, 6.07) is 1.79. The summed E-state index contributed by atoms with van der Waals surface area (Å²) in [6.07, 6.45) is 5.62. The maximum atomic E-state index is 12.0. The number of nitrogens with zero attached hydrogens (tertiary/aromatic N) is 2. The number of ether oxygens (including phenoxy) is 2. The molecule has 0 radical (unpaired) electrons. The van der Waals surface area contributed by atoms with E-state index in [-0.39, 0.29) is 29.9 Å². The van der Waals surface area contributed by atoms with Gasteiger partial charge in [0.05, 0.1) is 12.4 Å². The number of rotatable bonds is 10. The molecule has 0 bridgehead atoms. The topological polar surface area (TPSA) is 88.3 Å². The van der Waals surface area contributed by atoms with Gasteiger partial charge in [-0.1, -0.05) is 0 Å². The van der Waals surface area contributed by atoms with Crippen LogP contribution < -0.4 is 10.6 Å². The number of carbonyl (C=O) groups excluding carboxylic acids is 1. The molecule has 166 valence electrons. The molecule has 1 saturated heterocycles. The number of likely N-dealkylation sites (tertiary alicyclic amines) is 1. The third-order valence-electron chi connectivity index (χ3n) is 4.79. The van der Waals surface area contributed by atoms with E-state index in [2.05, 4.69) is 20.5 Å². The summed E-state index contributed by atoms with van der Waals surface area (Å²) in [5.41, 5.74) is 0.849. The van der Waals surface area contributed by atoms with Gasteiger partial charge in [-0.3, -0.25) is 9.79 Å². The lowest BCUT2D eigenvalue weighted by Crippen LogP contribution is -2.47. The number of hydrogen-bond acceptors (Lipinski definition) is 5. The lowest BCUT2D eigenvalue weighted by atomic mass is 10.1. The largest absolute Gasteiger partial charge is 0.459 e. The second kappa shape index (κ2) is 14.6. The average molecular weight is 522 g/mol. The van der Waals surface area contributed by atoms with Gasteiger partial charge in [-0.25, -0.2) is 0 Å². The fourth-order valence-corrected chi connectivity index (χ4v) is 3.20. The summed E-state index contributed by atoms with van der Waals surface area (Å²) >= 11 is 0. The molecule has 0 aromatic carbocycles. The molecule has 1 aliphatic heterocycles. The first kappa shape index (κ1) is 25.7. The van der Waals surface area contributed by atoms with Gasteiger partial charge in [-0.15, -0.1) is 24.0 Å². The molecule has 0 unspecified atom stereocenters.